The molecule has 0 aliphatic rings. The summed E-state index contributed by atoms with van der Waals surface area (Å²) in [7, 11) is 0. The van der Waals surface area contributed by atoms with Gasteiger partial charge in [-0.25, -0.2) is 0 Å². The standard InChI is InChI=1S/C11H13NO3/c1-10-4-2-3-5-11(10)12(8-13)6-7-15-9-14/h2-5,8-9H,6-7H2,1H3. The van der Waals surface area contributed by atoms with Gasteiger partial charge in [0.05, 0.1) is 6.54 Å². The van der Waals surface area contributed by atoms with Gasteiger partial charge in [0.2, 0.25) is 6.41 Å². The van der Waals surface area contributed by atoms with Crippen LogP contribution < -0.4 is 4.90 Å². The van der Waals surface area contributed by atoms with Gasteiger partial charge in [-0.05, 0) is 18.6 Å². The average Bonchev–Trinajstić information content (AvgIpc) is 2.26. The Balaban J connectivity index is 2.69. The number of carbonyl (C=O) groups excluding carboxylic acids is 2. The lowest BCUT2D eigenvalue weighted by atomic mass is 10.2. The van der Waals surface area contributed by atoms with E-state index in [0.717, 1.165) is 17.7 Å². The maximum atomic E-state index is 10.8. The number of hydrogen-bond donors (Lipinski definition) is 0. The van der Waals surface area contributed by atoms with Crippen LogP contribution in [0.5, 0.6) is 0 Å². The monoisotopic (exact) mass is 207 g/mol. The molecule has 0 fully saturated rings. The molecular formula is C11H13NO3. The SMILES string of the molecule is Cc1ccccc1N(C=O)CCOC=O. The van der Waals surface area contributed by atoms with Crippen molar-refractivity contribution in [2.75, 3.05) is 18.1 Å². The van der Waals surface area contributed by atoms with E-state index in [9.17, 15) is 9.59 Å². The molecule has 4 nitrogen and oxygen atoms in total. The van der Waals surface area contributed by atoms with E-state index in [-0.39, 0.29) is 6.61 Å². The molecule has 0 spiro atoms. The zero-order valence-electron chi connectivity index (χ0n) is 8.55. The molecule has 0 heterocycles. The highest BCUT2D eigenvalue weighted by Crippen LogP contribution is 2.17. The number of rotatable bonds is 6. The van der Waals surface area contributed by atoms with E-state index >= 15 is 0 Å². The minimum atomic E-state index is 0.205. The van der Waals surface area contributed by atoms with Gasteiger partial charge in [0.25, 0.3) is 6.47 Å². The van der Waals surface area contributed by atoms with Crippen LogP contribution in [0.4, 0.5) is 5.69 Å². The van der Waals surface area contributed by atoms with Crippen molar-refractivity contribution in [3.63, 3.8) is 0 Å². The Bertz CT molecular complexity index is 338. The van der Waals surface area contributed by atoms with E-state index in [1.165, 1.54) is 4.90 Å². The van der Waals surface area contributed by atoms with E-state index < -0.39 is 0 Å². The number of aryl methyl sites for hydroxylation is 1. The van der Waals surface area contributed by atoms with Gasteiger partial charge < -0.3 is 9.64 Å². The summed E-state index contributed by atoms with van der Waals surface area (Å²) in [6.45, 7) is 2.87. The predicted octanol–water partition coefficient (Wildman–Crippen LogP) is 1.13. The highest BCUT2D eigenvalue weighted by Gasteiger charge is 2.06. The fraction of sp³-hybridized carbons (Fsp3) is 0.273. The molecule has 0 unspecified atom stereocenters. The van der Waals surface area contributed by atoms with Crippen LogP contribution in [0.2, 0.25) is 0 Å². The van der Waals surface area contributed by atoms with E-state index in [2.05, 4.69) is 4.74 Å². The fourth-order valence-electron chi connectivity index (χ4n) is 1.31. The average molecular weight is 207 g/mol. The van der Waals surface area contributed by atoms with E-state index in [1.54, 1.807) is 0 Å². The van der Waals surface area contributed by atoms with Crippen LogP contribution in [0, 0.1) is 6.92 Å². The number of hydrogen-bond acceptors (Lipinski definition) is 3. The number of para-hydroxylation sites is 1. The largest absolute Gasteiger partial charge is 0.466 e. The van der Waals surface area contributed by atoms with Crippen molar-refractivity contribution in [2.45, 2.75) is 6.92 Å². The van der Waals surface area contributed by atoms with Gasteiger partial charge in [0, 0.05) is 5.69 Å². The first-order valence-electron chi connectivity index (χ1n) is 4.62. The first-order valence-corrected chi connectivity index (χ1v) is 4.62. The maximum absolute atomic E-state index is 10.8. The number of nitrogens with zero attached hydrogens (tertiary/aromatic N) is 1. The molecule has 1 aromatic carbocycles. The highest BCUT2D eigenvalue weighted by molar-refractivity contribution is 5.76. The Morgan fingerprint density at radius 2 is 2.07 bits per heavy atom. The summed E-state index contributed by atoms with van der Waals surface area (Å²) in [5.41, 5.74) is 1.85. The third kappa shape index (κ3) is 3.09. The Kier molecular flexibility index (Phi) is 4.34. The normalized spacial score (nSPS) is 9.40. The molecule has 1 amide bonds. The smallest absolute Gasteiger partial charge is 0.293 e. The van der Waals surface area contributed by atoms with Crippen LogP contribution in [0.15, 0.2) is 24.3 Å². The predicted molar refractivity (Wildman–Crippen MR) is 56.6 cm³/mol. The molecule has 80 valence electrons. The summed E-state index contributed by atoms with van der Waals surface area (Å²) in [6, 6.07) is 7.54. The molecule has 1 aromatic rings. The number of benzene rings is 1. The van der Waals surface area contributed by atoms with Gasteiger partial charge in [-0.3, -0.25) is 9.59 Å². The second-order valence-electron chi connectivity index (χ2n) is 3.05. The van der Waals surface area contributed by atoms with E-state index in [1.807, 2.05) is 31.2 Å². The molecule has 0 atom stereocenters. The second-order valence-corrected chi connectivity index (χ2v) is 3.05. The maximum Gasteiger partial charge on any atom is 0.293 e. The third-order valence-corrected chi connectivity index (χ3v) is 2.07. The van der Waals surface area contributed by atoms with E-state index in [4.69, 9.17) is 0 Å². The van der Waals surface area contributed by atoms with Gasteiger partial charge in [-0.2, -0.15) is 0 Å². The molecule has 0 saturated carbocycles. The molecule has 1 rings (SSSR count). The van der Waals surface area contributed by atoms with Crippen molar-refractivity contribution in [1.82, 2.24) is 0 Å². The molecule has 0 bridgehead atoms. The van der Waals surface area contributed by atoms with Crippen LogP contribution in [0.1, 0.15) is 5.56 Å². The van der Waals surface area contributed by atoms with Gasteiger partial charge >= 0.3 is 0 Å². The molecular weight excluding hydrogens is 194 g/mol. The van der Waals surface area contributed by atoms with Gasteiger partial charge in [-0.1, -0.05) is 18.2 Å². The van der Waals surface area contributed by atoms with Crippen LogP contribution >= 0.6 is 0 Å². The van der Waals surface area contributed by atoms with Gasteiger partial charge in [0.15, 0.2) is 0 Å². The Morgan fingerprint density at radius 3 is 2.67 bits per heavy atom. The highest BCUT2D eigenvalue weighted by atomic mass is 16.5. The lowest BCUT2D eigenvalue weighted by Crippen LogP contribution is -2.26. The molecule has 0 aliphatic carbocycles. The number of anilines is 1. The van der Waals surface area contributed by atoms with Crippen LogP contribution in [0.3, 0.4) is 0 Å². The first kappa shape index (κ1) is 11.2. The van der Waals surface area contributed by atoms with Crippen LogP contribution in [-0.4, -0.2) is 26.0 Å². The van der Waals surface area contributed by atoms with Crippen LogP contribution in [-0.2, 0) is 14.3 Å². The first-order chi connectivity index (χ1) is 7.29. The Morgan fingerprint density at radius 1 is 1.33 bits per heavy atom. The summed E-state index contributed by atoms with van der Waals surface area (Å²) >= 11 is 0. The molecule has 0 N–H and O–H groups in total. The zero-order valence-corrected chi connectivity index (χ0v) is 8.55. The van der Waals surface area contributed by atoms with Crippen molar-refractivity contribution in [2.24, 2.45) is 0 Å². The Labute approximate surface area is 88.5 Å². The van der Waals surface area contributed by atoms with Crippen molar-refractivity contribution in [1.29, 1.82) is 0 Å². The third-order valence-electron chi connectivity index (χ3n) is 2.07. The second kappa shape index (κ2) is 5.80. The number of carbonyl (C=O) groups is 2. The van der Waals surface area contributed by atoms with Crippen molar-refractivity contribution >= 4 is 18.6 Å². The summed E-state index contributed by atoms with van der Waals surface area (Å²) < 4.78 is 4.55. The van der Waals surface area contributed by atoms with E-state index in [0.29, 0.717) is 13.0 Å². The van der Waals surface area contributed by atoms with Crippen LogP contribution in [0.25, 0.3) is 0 Å². The lowest BCUT2D eigenvalue weighted by Gasteiger charge is -2.18. The summed E-state index contributed by atoms with van der Waals surface area (Å²) in [4.78, 5) is 22.3. The minimum Gasteiger partial charge on any atom is -0.466 e. The number of ether oxygens (including phenoxy) is 1. The van der Waals surface area contributed by atoms with Crippen molar-refractivity contribution < 1.29 is 14.3 Å². The summed E-state index contributed by atoms with van der Waals surface area (Å²) in [6.07, 6.45) is 0.733. The lowest BCUT2D eigenvalue weighted by molar-refractivity contribution is -0.128. The molecule has 0 aromatic heterocycles. The molecule has 15 heavy (non-hydrogen) atoms. The quantitative estimate of drug-likeness (QED) is 0.519. The van der Waals surface area contributed by atoms with Crippen molar-refractivity contribution in [3.05, 3.63) is 29.8 Å². The molecule has 4 heteroatoms. The molecule has 0 aliphatic heterocycles. The summed E-state index contributed by atoms with van der Waals surface area (Å²) in [5, 5.41) is 0. The number of amides is 1. The molecule has 0 saturated heterocycles. The molecule has 0 radical (unpaired) electrons. The topological polar surface area (TPSA) is 46.6 Å². The van der Waals surface area contributed by atoms with Gasteiger partial charge in [0.1, 0.15) is 6.61 Å². The fourth-order valence-corrected chi connectivity index (χ4v) is 1.31. The zero-order chi connectivity index (χ0) is 11.1. The van der Waals surface area contributed by atoms with Gasteiger partial charge in [-0.15, -0.1) is 0 Å². The Hall–Kier alpha value is -1.84. The minimum absolute atomic E-state index is 0.205. The van der Waals surface area contributed by atoms with Crippen molar-refractivity contribution in [3.8, 4) is 0 Å². The summed E-state index contributed by atoms with van der Waals surface area (Å²) in [5.74, 6) is 0.